The van der Waals surface area contributed by atoms with E-state index in [1.807, 2.05) is 60.7 Å². The molecule has 1 heterocycles. The van der Waals surface area contributed by atoms with E-state index in [4.69, 9.17) is 4.99 Å². The van der Waals surface area contributed by atoms with Gasteiger partial charge in [0.2, 0.25) is 6.04 Å². The van der Waals surface area contributed by atoms with E-state index in [0.717, 1.165) is 11.1 Å². The Bertz CT molecular complexity index is 1150. The molecule has 1 aliphatic rings. The average Bonchev–Trinajstić information content (AvgIpc) is 2.84. The van der Waals surface area contributed by atoms with Gasteiger partial charge in [0.1, 0.15) is 11.5 Å². The van der Waals surface area contributed by atoms with Crippen LogP contribution in [0.1, 0.15) is 29.7 Å². The van der Waals surface area contributed by atoms with Crippen molar-refractivity contribution >= 4 is 5.71 Å². The van der Waals surface area contributed by atoms with Gasteiger partial charge in [0.05, 0.1) is 23.7 Å². The van der Waals surface area contributed by atoms with Crippen molar-refractivity contribution in [2.24, 2.45) is 4.99 Å². The number of nitro groups is 1. The zero-order valence-electron chi connectivity index (χ0n) is 17.3. The molecule has 158 valence electrons. The smallest absolute Gasteiger partial charge is 0.240 e. The van der Waals surface area contributed by atoms with Crippen molar-refractivity contribution in [3.8, 4) is 6.07 Å². The third-order valence-electron chi connectivity index (χ3n) is 5.75. The molecule has 3 aromatic rings. The van der Waals surface area contributed by atoms with Crippen LogP contribution in [0.25, 0.3) is 0 Å². The number of nitrogens with zero attached hydrogens (tertiary/aromatic N) is 5. The van der Waals surface area contributed by atoms with Gasteiger partial charge in [-0.1, -0.05) is 72.8 Å². The van der Waals surface area contributed by atoms with Crippen LogP contribution in [0.3, 0.4) is 0 Å². The fourth-order valence-electron chi connectivity index (χ4n) is 4.27. The lowest BCUT2D eigenvalue weighted by Crippen LogP contribution is -2.52. The van der Waals surface area contributed by atoms with E-state index in [1.54, 1.807) is 0 Å². The second-order valence-corrected chi connectivity index (χ2v) is 7.81. The van der Waals surface area contributed by atoms with Crippen LogP contribution >= 0.6 is 0 Å². The van der Waals surface area contributed by atoms with Crippen LogP contribution in [-0.4, -0.2) is 32.7 Å². The number of nitriles is 1. The highest BCUT2D eigenvalue weighted by Gasteiger charge is 2.55. The molecule has 0 spiro atoms. The van der Waals surface area contributed by atoms with Crippen LogP contribution in [-0.2, 0) is 5.41 Å². The highest BCUT2D eigenvalue weighted by Crippen LogP contribution is 2.43. The summed E-state index contributed by atoms with van der Waals surface area (Å²) >= 11 is 0. The molecule has 1 saturated carbocycles. The van der Waals surface area contributed by atoms with Gasteiger partial charge in [-0.2, -0.15) is 5.26 Å². The van der Waals surface area contributed by atoms with Crippen LogP contribution in [0.15, 0.2) is 96.4 Å². The zero-order chi connectivity index (χ0) is 22.6. The lowest BCUT2D eigenvalue weighted by Gasteiger charge is -2.38. The molecule has 4 rings (SSSR count). The van der Waals surface area contributed by atoms with Gasteiger partial charge in [-0.25, -0.2) is 0 Å². The largest absolute Gasteiger partial charge is 0.271 e. The van der Waals surface area contributed by atoms with E-state index < -0.39 is 17.5 Å². The monoisotopic (exact) mass is 423 g/mol. The third-order valence-corrected chi connectivity index (χ3v) is 5.75. The second-order valence-electron chi connectivity index (χ2n) is 7.81. The second kappa shape index (κ2) is 8.90. The first-order valence-corrected chi connectivity index (χ1v) is 10.2. The molecule has 0 N–H and O–H groups in total. The molecule has 0 saturated heterocycles. The van der Waals surface area contributed by atoms with Crippen molar-refractivity contribution in [2.45, 2.75) is 30.3 Å². The minimum absolute atomic E-state index is 0.154. The van der Waals surface area contributed by atoms with Crippen molar-refractivity contribution in [1.29, 1.82) is 5.26 Å². The van der Waals surface area contributed by atoms with Crippen molar-refractivity contribution in [1.82, 2.24) is 9.97 Å². The first-order chi connectivity index (χ1) is 15.5. The average molecular weight is 423 g/mol. The standard InChI is InChI=1S/C25H21N5O2/c1-18-14-21(30(31)32)24(25(15-18,17-26)22-16-27-12-13-28-22)29-23(19-8-4-2-5-9-19)20-10-6-3-7-11-20/h2-13,16,21,24H,1,14-15H2/t21-,24+,25+/m1/s1. The van der Waals surface area contributed by atoms with Gasteiger partial charge in [-0.3, -0.25) is 25.1 Å². The summed E-state index contributed by atoms with van der Waals surface area (Å²) in [6.45, 7) is 3.99. The number of rotatable bonds is 5. The normalized spacial score (nSPS) is 22.5. The Morgan fingerprint density at radius 1 is 1.12 bits per heavy atom. The molecule has 0 radical (unpaired) electrons. The number of benzene rings is 2. The summed E-state index contributed by atoms with van der Waals surface area (Å²) in [7, 11) is 0. The van der Waals surface area contributed by atoms with Gasteiger partial charge in [0.15, 0.2) is 0 Å². The third kappa shape index (κ3) is 3.91. The summed E-state index contributed by atoms with van der Waals surface area (Å²) in [5.74, 6) is 0. The molecule has 0 aliphatic heterocycles. The summed E-state index contributed by atoms with van der Waals surface area (Å²) in [5, 5.41) is 22.5. The molecule has 1 fully saturated rings. The van der Waals surface area contributed by atoms with E-state index in [1.165, 1.54) is 18.6 Å². The maximum Gasteiger partial charge on any atom is 0.240 e. The maximum absolute atomic E-state index is 12.1. The highest BCUT2D eigenvalue weighted by atomic mass is 16.6. The molecular weight excluding hydrogens is 402 g/mol. The fraction of sp³-hybridized carbons (Fsp3) is 0.200. The van der Waals surface area contributed by atoms with Crippen molar-refractivity contribution < 1.29 is 4.92 Å². The van der Waals surface area contributed by atoms with Gasteiger partial charge < -0.3 is 0 Å². The highest BCUT2D eigenvalue weighted by molar-refractivity contribution is 6.13. The van der Waals surface area contributed by atoms with Crippen LogP contribution in [0, 0.1) is 21.4 Å². The van der Waals surface area contributed by atoms with E-state index in [0.29, 0.717) is 17.0 Å². The van der Waals surface area contributed by atoms with Gasteiger partial charge in [-0.05, 0) is 6.42 Å². The topological polar surface area (TPSA) is 105 Å². The minimum atomic E-state index is -1.35. The van der Waals surface area contributed by atoms with E-state index >= 15 is 0 Å². The first-order valence-electron chi connectivity index (χ1n) is 10.2. The Balaban J connectivity index is 1.98. The summed E-state index contributed by atoms with van der Waals surface area (Å²) in [4.78, 5) is 25.2. The Hall–Kier alpha value is -4.18. The lowest BCUT2D eigenvalue weighted by atomic mass is 9.65. The summed E-state index contributed by atoms with van der Waals surface area (Å²) in [6.07, 6.45) is 4.88. The molecule has 0 unspecified atom stereocenters. The number of aliphatic imine (C=N–C) groups is 1. The maximum atomic E-state index is 12.1. The van der Waals surface area contributed by atoms with E-state index in [9.17, 15) is 15.4 Å². The molecule has 32 heavy (non-hydrogen) atoms. The molecule has 1 aliphatic carbocycles. The van der Waals surface area contributed by atoms with Crippen LogP contribution in [0.5, 0.6) is 0 Å². The summed E-state index contributed by atoms with van der Waals surface area (Å²) in [6, 6.07) is 19.2. The molecule has 7 heteroatoms. The minimum Gasteiger partial charge on any atom is -0.271 e. The van der Waals surface area contributed by atoms with Gasteiger partial charge >= 0.3 is 0 Å². The molecule has 1 aromatic heterocycles. The Labute approximate surface area is 186 Å². The Morgan fingerprint density at radius 2 is 1.75 bits per heavy atom. The molecule has 0 amide bonds. The zero-order valence-corrected chi connectivity index (χ0v) is 17.3. The SMILES string of the molecule is C=C1C[C@@H]([N+](=O)[O-])[C@H](N=C(c2ccccc2)c2ccccc2)[C@@](C#N)(c2cnccn2)C1. The summed E-state index contributed by atoms with van der Waals surface area (Å²) in [5.41, 5.74) is 1.87. The van der Waals surface area contributed by atoms with E-state index in [2.05, 4.69) is 22.6 Å². The molecule has 2 aromatic carbocycles. The number of hydrogen-bond donors (Lipinski definition) is 0. The van der Waals surface area contributed by atoms with Gasteiger partial charge in [0.25, 0.3) is 0 Å². The molecular formula is C25H21N5O2. The first kappa shape index (κ1) is 21.1. The predicted molar refractivity (Wildman–Crippen MR) is 121 cm³/mol. The molecule has 0 bridgehead atoms. The fourth-order valence-corrected chi connectivity index (χ4v) is 4.27. The Kier molecular flexibility index (Phi) is 5.86. The van der Waals surface area contributed by atoms with Gasteiger partial charge in [-0.15, -0.1) is 0 Å². The van der Waals surface area contributed by atoms with Crippen molar-refractivity contribution in [3.63, 3.8) is 0 Å². The van der Waals surface area contributed by atoms with Crippen molar-refractivity contribution in [2.75, 3.05) is 0 Å². The van der Waals surface area contributed by atoms with Crippen LogP contribution in [0.2, 0.25) is 0 Å². The quantitative estimate of drug-likeness (QED) is 0.265. The van der Waals surface area contributed by atoms with Crippen molar-refractivity contribution in [3.05, 3.63) is 118 Å². The predicted octanol–water partition coefficient (Wildman–Crippen LogP) is 4.14. The van der Waals surface area contributed by atoms with Crippen LogP contribution in [0.4, 0.5) is 0 Å². The molecule has 3 atom stereocenters. The van der Waals surface area contributed by atoms with E-state index in [-0.39, 0.29) is 17.8 Å². The van der Waals surface area contributed by atoms with Gasteiger partial charge in [0, 0.05) is 34.9 Å². The van der Waals surface area contributed by atoms with Crippen LogP contribution < -0.4 is 0 Å². The molecule has 7 nitrogen and oxygen atoms in total. The number of hydrogen-bond acceptors (Lipinski definition) is 6. The summed E-state index contributed by atoms with van der Waals surface area (Å²) < 4.78 is 0. The number of aromatic nitrogens is 2. The Morgan fingerprint density at radius 3 is 2.25 bits per heavy atom. The lowest BCUT2D eigenvalue weighted by molar-refractivity contribution is -0.528.